The van der Waals surface area contributed by atoms with Gasteiger partial charge in [-0.05, 0) is 44.7 Å². The third kappa shape index (κ3) is 5.16. The summed E-state index contributed by atoms with van der Waals surface area (Å²) < 4.78 is 27.8. The van der Waals surface area contributed by atoms with E-state index >= 15 is 0 Å². The molecule has 0 aliphatic heterocycles. The Labute approximate surface area is 127 Å². The van der Waals surface area contributed by atoms with Crippen LogP contribution in [0.3, 0.4) is 0 Å². The smallest absolute Gasteiger partial charge is 0.242 e. The molecule has 0 unspecified atom stereocenters. The van der Waals surface area contributed by atoms with Crippen LogP contribution in [0.25, 0.3) is 0 Å². The molecule has 1 rings (SSSR count). The van der Waals surface area contributed by atoms with Crippen molar-refractivity contribution in [3.63, 3.8) is 0 Å². The summed E-state index contributed by atoms with van der Waals surface area (Å²) in [7, 11) is -3.44. The van der Waals surface area contributed by atoms with Crippen LogP contribution in [0.5, 0.6) is 0 Å². The van der Waals surface area contributed by atoms with Crippen LogP contribution < -0.4 is 10.0 Å². The summed E-state index contributed by atoms with van der Waals surface area (Å²) in [5, 5.41) is 5.09. The second-order valence-electron chi connectivity index (χ2n) is 5.62. The molecule has 0 saturated heterocycles. The lowest BCUT2D eigenvalue weighted by molar-refractivity contribution is 0.417. The van der Waals surface area contributed by atoms with Crippen molar-refractivity contribution in [3.8, 4) is 0 Å². The Balaban J connectivity index is 2.85. The summed E-state index contributed by atoms with van der Waals surface area (Å²) in [5.74, 6) is 0. The Morgan fingerprint density at radius 3 is 2.55 bits per heavy atom. The van der Waals surface area contributed by atoms with Crippen LogP contribution in [0.15, 0.2) is 16.3 Å². The topological polar surface area (TPSA) is 58.2 Å². The highest BCUT2D eigenvalue weighted by Crippen LogP contribution is 2.24. The van der Waals surface area contributed by atoms with E-state index in [1.54, 1.807) is 6.07 Å². The highest BCUT2D eigenvalue weighted by Gasteiger charge is 2.27. The molecule has 6 heteroatoms. The molecule has 116 valence electrons. The van der Waals surface area contributed by atoms with E-state index < -0.39 is 15.6 Å². The minimum absolute atomic E-state index is 0.412. The average Bonchev–Trinajstić information content (AvgIpc) is 2.76. The molecule has 1 heterocycles. The number of thiophene rings is 1. The quantitative estimate of drug-likeness (QED) is 0.688. The van der Waals surface area contributed by atoms with Crippen molar-refractivity contribution in [1.82, 2.24) is 10.0 Å². The molecule has 2 N–H and O–H groups in total. The summed E-state index contributed by atoms with van der Waals surface area (Å²) >= 11 is 1.48. The van der Waals surface area contributed by atoms with E-state index in [1.165, 1.54) is 11.3 Å². The fraction of sp³-hybridized carbons (Fsp3) is 0.714. The minimum Gasteiger partial charge on any atom is -0.312 e. The zero-order valence-corrected chi connectivity index (χ0v) is 14.5. The molecule has 0 aromatic carbocycles. The van der Waals surface area contributed by atoms with Gasteiger partial charge in [-0.25, -0.2) is 13.1 Å². The van der Waals surface area contributed by atoms with Crippen molar-refractivity contribution >= 4 is 21.4 Å². The monoisotopic (exact) mass is 318 g/mol. The largest absolute Gasteiger partial charge is 0.312 e. The van der Waals surface area contributed by atoms with Gasteiger partial charge in [0.05, 0.1) is 4.90 Å². The first-order chi connectivity index (χ1) is 9.32. The van der Waals surface area contributed by atoms with Gasteiger partial charge in [0.25, 0.3) is 0 Å². The molecule has 0 amide bonds. The number of hydrogen-bond donors (Lipinski definition) is 2. The van der Waals surface area contributed by atoms with Crippen LogP contribution in [-0.2, 0) is 16.6 Å². The van der Waals surface area contributed by atoms with Crippen molar-refractivity contribution in [2.24, 2.45) is 0 Å². The number of hydrogen-bond acceptors (Lipinski definition) is 4. The molecule has 1 aromatic heterocycles. The Morgan fingerprint density at radius 1 is 1.25 bits per heavy atom. The van der Waals surface area contributed by atoms with E-state index in [0.717, 1.165) is 30.7 Å². The van der Waals surface area contributed by atoms with Crippen LogP contribution in [-0.4, -0.2) is 20.5 Å². The first-order valence-electron chi connectivity index (χ1n) is 7.13. The molecule has 4 nitrogen and oxygen atoms in total. The SMILES string of the molecule is CCCNCc1sccc1S(=O)(=O)NC(C)(C)CCC. The van der Waals surface area contributed by atoms with Crippen molar-refractivity contribution in [1.29, 1.82) is 0 Å². The average molecular weight is 319 g/mol. The zero-order chi connectivity index (χ0) is 15.2. The molecule has 0 fully saturated rings. The second kappa shape index (κ2) is 7.54. The molecular weight excluding hydrogens is 292 g/mol. The van der Waals surface area contributed by atoms with Gasteiger partial charge < -0.3 is 5.32 Å². The maximum atomic E-state index is 12.5. The molecule has 0 aliphatic rings. The summed E-state index contributed by atoms with van der Waals surface area (Å²) in [5.41, 5.74) is -0.413. The third-order valence-electron chi connectivity index (χ3n) is 2.99. The molecular formula is C14H26N2O2S2. The van der Waals surface area contributed by atoms with Gasteiger partial charge in [0.15, 0.2) is 0 Å². The van der Waals surface area contributed by atoms with Gasteiger partial charge in [0.1, 0.15) is 0 Å². The predicted octanol–water partition coefficient (Wildman–Crippen LogP) is 3.10. The first-order valence-corrected chi connectivity index (χ1v) is 9.49. The third-order valence-corrected chi connectivity index (χ3v) is 5.83. The fourth-order valence-electron chi connectivity index (χ4n) is 2.17. The van der Waals surface area contributed by atoms with Crippen molar-refractivity contribution in [3.05, 3.63) is 16.3 Å². The summed E-state index contributed by atoms with van der Waals surface area (Å²) in [4.78, 5) is 1.29. The maximum Gasteiger partial charge on any atom is 0.242 e. The van der Waals surface area contributed by atoms with E-state index in [4.69, 9.17) is 0 Å². The molecule has 0 radical (unpaired) electrons. The number of nitrogens with one attached hydrogen (secondary N) is 2. The fourth-order valence-corrected chi connectivity index (χ4v) is 5.03. The van der Waals surface area contributed by atoms with Crippen LogP contribution in [0.2, 0.25) is 0 Å². The second-order valence-corrected chi connectivity index (χ2v) is 8.28. The van der Waals surface area contributed by atoms with Gasteiger partial charge in [-0.3, -0.25) is 0 Å². The zero-order valence-electron chi connectivity index (χ0n) is 12.8. The van der Waals surface area contributed by atoms with Gasteiger partial charge >= 0.3 is 0 Å². The molecule has 0 spiro atoms. The van der Waals surface area contributed by atoms with Gasteiger partial charge in [-0.1, -0.05) is 20.3 Å². The Hall–Kier alpha value is -0.430. The highest BCUT2D eigenvalue weighted by atomic mass is 32.2. The van der Waals surface area contributed by atoms with Crippen LogP contribution in [0, 0.1) is 0 Å². The summed E-state index contributed by atoms with van der Waals surface area (Å²) in [6, 6.07) is 1.69. The van der Waals surface area contributed by atoms with Crippen LogP contribution >= 0.6 is 11.3 Å². The van der Waals surface area contributed by atoms with Gasteiger partial charge in [0.2, 0.25) is 10.0 Å². The van der Waals surface area contributed by atoms with Gasteiger partial charge in [0, 0.05) is 17.0 Å². The predicted molar refractivity (Wildman–Crippen MR) is 85.6 cm³/mol. The van der Waals surface area contributed by atoms with Gasteiger partial charge in [-0.15, -0.1) is 11.3 Å². The summed E-state index contributed by atoms with van der Waals surface area (Å²) in [6.07, 6.45) is 2.80. The molecule has 0 aliphatic carbocycles. The lowest BCUT2D eigenvalue weighted by atomic mass is 10.0. The van der Waals surface area contributed by atoms with E-state index in [1.807, 2.05) is 19.2 Å². The maximum absolute atomic E-state index is 12.5. The van der Waals surface area contributed by atoms with Crippen molar-refractivity contribution in [2.75, 3.05) is 6.54 Å². The number of sulfonamides is 1. The molecule has 1 aromatic rings. The highest BCUT2D eigenvalue weighted by molar-refractivity contribution is 7.89. The Kier molecular flexibility index (Phi) is 6.64. The minimum atomic E-state index is -3.44. The molecule has 0 saturated carbocycles. The number of rotatable bonds is 9. The lowest BCUT2D eigenvalue weighted by Crippen LogP contribution is -2.43. The van der Waals surface area contributed by atoms with E-state index in [9.17, 15) is 8.42 Å². The van der Waals surface area contributed by atoms with Gasteiger partial charge in [-0.2, -0.15) is 0 Å². The van der Waals surface area contributed by atoms with Crippen LogP contribution in [0.4, 0.5) is 0 Å². The van der Waals surface area contributed by atoms with E-state index in [2.05, 4.69) is 23.9 Å². The van der Waals surface area contributed by atoms with Crippen molar-refractivity contribution in [2.45, 2.75) is 63.9 Å². The first kappa shape index (κ1) is 17.6. The Bertz CT molecular complexity index is 507. The van der Waals surface area contributed by atoms with E-state index in [0.29, 0.717) is 11.4 Å². The normalized spacial score (nSPS) is 12.8. The van der Waals surface area contributed by atoms with E-state index in [-0.39, 0.29) is 0 Å². The molecule has 0 atom stereocenters. The Morgan fingerprint density at radius 2 is 1.95 bits per heavy atom. The summed E-state index contributed by atoms with van der Waals surface area (Å²) in [6.45, 7) is 9.50. The standard InChI is InChI=1S/C14H26N2O2S2/c1-5-8-14(3,4)16-20(17,18)13-7-10-19-12(13)11-15-9-6-2/h7,10,15-16H,5-6,8-9,11H2,1-4H3. The lowest BCUT2D eigenvalue weighted by Gasteiger charge is -2.25. The van der Waals surface area contributed by atoms with Crippen molar-refractivity contribution < 1.29 is 8.42 Å². The van der Waals surface area contributed by atoms with Crippen LogP contribution in [0.1, 0.15) is 51.8 Å². The molecule has 0 bridgehead atoms. The molecule has 20 heavy (non-hydrogen) atoms.